The highest BCUT2D eigenvalue weighted by Gasteiger charge is 2.37. The van der Waals surface area contributed by atoms with Gasteiger partial charge in [0.15, 0.2) is 5.82 Å². The van der Waals surface area contributed by atoms with Crippen molar-refractivity contribution in [1.82, 2.24) is 0 Å². The molecule has 0 saturated heterocycles. The van der Waals surface area contributed by atoms with Gasteiger partial charge in [-0.15, -0.1) is 0 Å². The summed E-state index contributed by atoms with van der Waals surface area (Å²) in [6.07, 6.45) is 0.0344. The number of rotatable bonds is 5. The number of hydrogen-bond donors (Lipinski definition) is 1. The molecule has 0 heterocycles. The maximum atomic E-state index is 14.0. The molecule has 2 unspecified atom stereocenters. The van der Waals surface area contributed by atoms with Gasteiger partial charge in [-0.3, -0.25) is 4.99 Å². The molecule has 1 aliphatic carbocycles. The van der Waals surface area contributed by atoms with Gasteiger partial charge in [-0.1, -0.05) is 11.6 Å². The Kier molecular flexibility index (Phi) is 5.30. The lowest BCUT2D eigenvalue weighted by molar-refractivity contribution is -0.137. The zero-order valence-electron chi connectivity index (χ0n) is 12.0. The van der Waals surface area contributed by atoms with Crippen LogP contribution in [-0.2, 0) is 9.53 Å². The number of aliphatic hydroxyl groups is 1. The first-order valence-electron chi connectivity index (χ1n) is 6.78. The van der Waals surface area contributed by atoms with E-state index in [9.17, 15) is 23.1 Å². The van der Waals surface area contributed by atoms with Crippen molar-refractivity contribution < 1.29 is 27.8 Å². The van der Waals surface area contributed by atoms with Crippen molar-refractivity contribution >= 4 is 29.5 Å². The van der Waals surface area contributed by atoms with E-state index < -0.39 is 51.7 Å². The lowest BCUT2D eigenvalue weighted by Gasteiger charge is -2.09. The van der Waals surface area contributed by atoms with Crippen molar-refractivity contribution in [2.45, 2.75) is 25.6 Å². The van der Waals surface area contributed by atoms with Crippen LogP contribution < -0.4 is 0 Å². The van der Waals surface area contributed by atoms with E-state index in [0.29, 0.717) is 0 Å². The highest BCUT2D eigenvalue weighted by Crippen LogP contribution is 2.30. The molecule has 1 N–H and O–H groups in total. The molecule has 124 valence electrons. The average molecular weight is 348 g/mol. The van der Waals surface area contributed by atoms with E-state index in [2.05, 4.69) is 4.99 Å². The molecule has 4 nitrogen and oxygen atoms in total. The number of aliphatic imine (C=N–C) groups is 1. The summed E-state index contributed by atoms with van der Waals surface area (Å²) in [4.78, 5) is 15.7. The van der Waals surface area contributed by atoms with Crippen LogP contribution in [0, 0.1) is 11.6 Å². The van der Waals surface area contributed by atoms with Crippen molar-refractivity contribution in [3.05, 3.63) is 39.9 Å². The molecular weight excluding hydrogens is 335 g/mol. The van der Waals surface area contributed by atoms with Crippen LogP contribution in [0.5, 0.6) is 0 Å². The van der Waals surface area contributed by atoms with E-state index in [1.807, 2.05) is 0 Å². The molecule has 1 aromatic carbocycles. The topological polar surface area (TPSA) is 58.9 Å². The van der Waals surface area contributed by atoms with Gasteiger partial charge < -0.3 is 9.84 Å². The van der Waals surface area contributed by atoms with Crippen molar-refractivity contribution in [3.63, 3.8) is 0 Å². The fraction of sp³-hybridized carbons (Fsp3) is 0.333. The van der Waals surface area contributed by atoms with Gasteiger partial charge >= 0.3 is 5.97 Å². The van der Waals surface area contributed by atoms with Gasteiger partial charge in [0.05, 0.1) is 18.2 Å². The molecule has 0 bridgehead atoms. The summed E-state index contributed by atoms with van der Waals surface area (Å²) in [7, 11) is 0. The summed E-state index contributed by atoms with van der Waals surface area (Å²) in [6.45, 7) is 1.54. The summed E-state index contributed by atoms with van der Waals surface area (Å²) >= 11 is 5.45. The molecule has 0 amide bonds. The maximum absolute atomic E-state index is 14.0. The Morgan fingerprint density at radius 1 is 1.52 bits per heavy atom. The molecule has 1 saturated carbocycles. The Morgan fingerprint density at radius 2 is 2.17 bits per heavy atom. The highest BCUT2D eigenvalue weighted by molar-refractivity contribution is 6.31. The number of benzene rings is 1. The van der Waals surface area contributed by atoms with Gasteiger partial charge in [-0.25, -0.2) is 18.0 Å². The molecule has 1 fully saturated rings. The Hall–Kier alpha value is -2.02. The predicted octanol–water partition coefficient (Wildman–Crippen LogP) is 3.63. The number of halogens is 4. The minimum atomic E-state index is -1.23. The zero-order valence-corrected chi connectivity index (χ0v) is 12.8. The minimum Gasteiger partial charge on any atom is -0.506 e. The first-order chi connectivity index (χ1) is 10.9. The van der Waals surface area contributed by atoms with Crippen molar-refractivity contribution in [3.8, 4) is 0 Å². The molecule has 2 atom stereocenters. The van der Waals surface area contributed by atoms with Crippen LogP contribution in [0.4, 0.5) is 13.2 Å². The molecular formula is C15H13ClF3NO3. The number of carbonyl (C=O) groups is 1. The van der Waals surface area contributed by atoms with Crippen LogP contribution in [0.1, 0.15) is 18.9 Å². The van der Waals surface area contributed by atoms with Crippen LogP contribution in [0.15, 0.2) is 22.7 Å². The summed E-state index contributed by atoms with van der Waals surface area (Å²) in [5, 5.41) is 9.33. The third-order valence-electron chi connectivity index (χ3n) is 3.12. The van der Waals surface area contributed by atoms with Crippen molar-refractivity contribution in [2.75, 3.05) is 6.61 Å². The van der Waals surface area contributed by atoms with Gasteiger partial charge in [-0.05, 0) is 19.1 Å². The quantitative estimate of drug-likeness (QED) is 0.291. The lowest BCUT2D eigenvalue weighted by atomic mass is 10.1. The maximum Gasteiger partial charge on any atom is 0.343 e. The first-order valence-corrected chi connectivity index (χ1v) is 7.16. The third-order valence-corrected chi connectivity index (χ3v) is 3.46. The second-order valence-corrected chi connectivity index (χ2v) is 5.18. The average Bonchev–Trinajstić information content (AvgIpc) is 3.21. The Morgan fingerprint density at radius 3 is 2.74 bits per heavy atom. The number of ether oxygens (including phenoxy) is 1. The first kappa shape index (κ1) is 17.3. The Labute approximate surface area is 135 Å². The zero-order chi connectivity index (χ0) is 17.1. The van der Waals surface area contributed by atoms with Gasteiger partial charge in [-0.2, -0.15) is 0 Å². The van der Waals surface area contributed by atoms with Crippen molar-refractivity contribution in [1.29, 1.82) is 0 Å². The van der Waals surface area contributed by atoms with Crippen LogP contribution in [0.2, 0.25) is 5.02 Å². The number of hydrogen-bond acceptors (Lipinski definition) is 4. The number of esters is 1. The summed E-state index contributed by atoms with van der Waals surface area (Å²) in [6, 6.07) is 1.16. The van der Waals surface area contributed by atoms with Gasteiger partial charge in [0.25, 0.3) is 0 Å². The Balaban J connectivity index is 2.46. The summed E-state index contributed by atoms with van der Waals surface area (Å²) in [5.74, 6) is -4.02. The van der Waals surface area contributed by atoms with E-state index in [-0.39, 0.29) is 13.0 Å². The van der Waals surface area contributed by atoms with Crippen molar-refractivity contribution in [2.24, 2.45) is 4.99 Å². The van der Waals surface area contributed by atoms with E-state index >= 15 is 0 Å². The molecule has 8 heteroatoms. The number of nitrogens with zero attached hydrogens (tertiary/aromatic N) is 1. The molecule has 0 aliphatic heterocycles. The molecule has 0 aromatic heterocycles. The minimum absolute atomic E-state index is 0.00523. The fourth-order valence-corrected chi connectivity index (χ4v) is 1.91. The number of alkyl halides is 1. The number of carbonyl (C=O) groups excluding carboxylic acids is 1. The number of aliphatic hydroxyl groups excluding tert-OH is 1. The molecule has 1 aliphatic rings. The SMILES string of the molecule is CCOC(=O)C(C=NC1CC1F)=C(O)c1ccc(F)c(Cl)c1F. The third kappa shape index (κ3) is 3.85. The lowest BCUT2D eigenvalue weighted by Crippen LogP contribution is -2.12. The van der Waals surface area contributed by atoms with Crippen LogP contribution in [0.25, 0.3) is 5.76 Å². The second kappa shape index (κ2) is 7.04. The Bertz CT molecular complexity index is 691. The van der Waals surface area contributed by atoms with E-state index in [1.54, 1.807) is 0 Å². The monoisotopic (exact) mass is 347 g/mol. The molecule has 23 heavy (non-hydrogen) atoms. The molecule has 1 aromatic rings. The highest BCUT2D eigenvalue weighted by atomic mass is 35.5. The molecule has 0 spiro atoms. The summed E-state index contributed by atoms with van der Waals surface area (Å²) in [5.41, 5.74) is -0.953. The molecule has 0 radical (unpaired) electrons. The van der Waals surface area contributed by atoms with Crippen LogP contribution in [-0.4, -0.2) is 36.1 Å². The molecule has 2 rings (SSSR count). The fourth-order valence-electron chi connectivity index (χ4n) is 1.75. The second-order valence-electron chi connectivity index (χ2n) is 4.80. The predicted molar refractivity (Wildman–Crippen MR) is 79.3 cm³/mol. The van der Waals surface area contributed by atoms with Crippen LogP contribution >= 0.6 is 11.6 Å². The van der Waals surface area contributed by atoms with Gasteiger partial charge in [0.1, 0.15) is 28.3 Å². The normalized spacial score (nSPS) is 21.3. The van der Waals surface area contributed by atoms with E-state index in [1.165, 1.54) is 6.92 Å². The standard InChI is InChI=1S/C15H13ClF3NO3/c1-2-23-15(22)8(6-20-11-5-10(11)18)14(21)7-3-4-9(17)12(16)13(7)19/h3-4,6,10-11,21H,2,5H2,1H3. The largest absolute Gasteiger partial charge is 0.506 e. The van der Waals surface area contributed by atoms with E-state index in [4.69, 9.17) is 16.3 Å². The van der Waals surface area contributed by atoms with Gasteiger partial charge in [0, 0.05) is 12.6 Å². The van der Waals surface area contributed by atoms with Gasteiger partial charge in [0.2, 0.25) is 0 Å². The smallest absolute Gasteiger partial charge is 0.343 e. The summed E-state index contributed by atoms with van der Waals surface area (Å²) < 4.78 is 44.7. The van der Waals surface area contributed by atoms with E-state index in [0.717, 1.165) is 18.3 Å². The van der Waals surface area contributed by atoms with Crippen LogP contribution in [0.3, 0.4) is 0 Å².